The maximum Gasteiger partial charge on any atom is 0.242 e. The minimum Gasteiger partial charge on any atom is -0.379 e. The number of rotatable bonds is 5. The van der Waals surface area contributed by atoms with Crippen LogP contribution in [0.4, 0.5) is 0 Å². The van der Waals surface area contributed by atoms with Crippen molar-refractivity contribution in [3.8, 4) is 6.07 Å². The molecule has 1 aromatic rings. The lowest BCUT2D eigenvalue weighted by atomic mass is 9.88. The van der Waals surface area contributed by atoms with E-state index in [9.17, 15) is 10.1 Å². The van der Waals surface area contributed by atoms with Gasteiger partial charge >= 0.3 is 0 Å². The minimum absolute atomic E-state index is 0.0622. The molecule has 2 aliphatic rings. The molecule has 0 saturated carbocycles. The highest BCUT2D eigenvalue weighted by molar-refractivity contribution is 6.30. The Bertz CT molecular complexity index is 758. The molecule has 0 bridgehead atoms. The molecule has 8 heteroatoms. The van der Waals surface area contributed by atoms with Gasteiger partial charge < -0.3 is 9.57 Å². The number of carbonyl (C=O) groups is 1. The lowest BCUT2D eigenvalue weighted by Crippen LogP contribution is -2.64. The fourth-order valence-corrected chi connectivity index (χ4v) is 4.60. The van der Waals surface area contributed by atoms with Crippen LogP contribution in [0.15, 0.2) is 12.1 Å². The summed E-state index contributed by atoms with van der Waals surface area (Å²) < 4.78 is 5.48. The summed E-state index contributed by atoms with van der Waals surface area (Å²) in [5.41, 5.74) is 2.08. The van der Waals surface area contributed by atoms with E-state index in [2.05, 4.69) is 6.07 Å². The van der Waals surface area contributed by atoms with Gasteiger partial charge in [-0.3, -0.25) is 9.80 Å². The van der Waals surface area contributed by atoms with Gasteiger partial charge in [0.25, 0.3) is 0 Å². The number of hydrazine groups is 1. The van der Waals surface area contributed by atoms with E-state index in [1.807, 2.05) is 36.1 Å². The van der Waals surface area contributed by atoms with Gasteiger partial charge in [0.15, 0.2) is 0 Å². The highest BCUT2D eigenvalue weighted by Crippen LogP contribution is 2.32. The Morgan fingerprint density at radius 3 is 2.34 bits per heavy atom. The number of nitriles is 1. The highest BCUT2D eigenvalue weighted by atomic mass is 35.5. The molecule has 3 rings (SSSR count). The molecule has 2 saturated heterocycles. The zero-order valence-electron chi connectivity index (χ0n) is 17.4. The second-order valence-electron chi connectivity index (χ2n) is 7.72. The van der Waals surface area contributed by atoms with Crippen LogP contribution in [0.5, 0.6) is 0 Å². The molecule has 0 spiro atoms. The largest absolute Gasteiger partial charge is 0.379 e. The number of aryl methyl sites for hydroxylation is 2. The zero-order chi connectivity index (χ0) is 21.0. The Kier molecular flexibility index (Phi) is 7.14. The maximum atomic E-state index is 13.6. The first-order valence-electron chi connectivity index (χ1n) is 10.0. The van der Waals surface area contributed by atoms with Crippen LogP contribution in [0.1, 0.15) is 29.5 Å². The molecule has 0 unspecified atom stereocenters. The second kappa shape index (κ2) is 9.41. The van der Waals surface area contributed by atoms with Crippen molar-refractivity contribution in [2.24, 2.45) is 0 Å². The molecular weight excluding hydrogens is 392 g/mol. The zero-order valence-corrected chi connectivity index (χ0v) is 18.2. The van der Waals surface area contributed by atoms with Gasteiger partial charge in [-0.15, -0.1) is 0 Å². The summed E-state index contributed by atoms with van der Waals surface area (Å²) in [6.45, 7) is 7.45. The first kappa shape index (κ1) is 22.0. The average molecular weight is 421 g/mol. The van der Waals surface area contributed by atoms with Crippen LogP contribution in [0.25, 0.3) is 0 Å². The third-order valence-electron chi connectivity index (χ3n) is 5.92. The summed E-state index contributed by atoms with van der Waals surface area (Å²) in [6.07, 6.45) is 1.32. The summed E-state index contributed by atoms with van der Waals surface area (Å²) >= 11 is 6.16. The molecule has 7 nitrogen and oxygen atoms in total. The second-order valence-corrected chi connectivity index (χ2v) is 8.16. The molecule has 2 fully saturated rings. The summed E-state index contributed by atoms with van der Waals surface area (Å²) in [5, 5.41) is 16.4. The van der Waals surface area contributed by atoms with Crippen LogP contribution < -0.4 is 0 Å². The molecule has 2 aliphatic heterocycles. The van der Waals surface area contributed by atoms with Gasteiger partial charge in [-0.05, 0) is 42.7 Å². The summed E-state index contributed by atoms with van der Waals surface area (Å²) in [4.78, 5) is 19.0. The molecule has 2 heterocycles. The molecule has 1 aromatic carbocycles. The smallest absolute Gasteiger partial charge is 0.242 e. The molecule has 0 atom stereocenters. The first-order chi connectivity index (χ1) is 13.9. The van der Waals surface area contributed by atoms with Gasteiger partial charge in [0, 0.05) is 44.0 Å². The van der Waals surface area contributed by atoms with Gasteiger partial charge in [-0.1, -0.05) is 11.6 Å². The van der Waals surface area contributed by atoms with Crippen molar-refractivity contribution in [2.75, 3.05) is 46.5 Å². The van der Waals surface area contributed by atoms with Gasteiger partial charge in [0.05, 0.1) is 32.8 Å². The predicted octanol–water partition coefficient (Wildman–Crippen LogP) is 2.49. The number of halogens is 1. The molecule has 158 valence electrons. The Hall–Kier alpha value is -1.69. The van der Waals surface area contributed by atoms with E-state index >= 15 is 0 Å². The Morgan fingerprint density at radius 2 is 1.83 bits per heavy atom. The number of nitrogens with zero attached hydrogens (tertiary/aromatic N) is 4. The average Bonchev–Trinajstić information content (AvgIpc) is 2.72. The minimum atomic E-state index is -0.877. The maximum absolute atomic E-state index is 13.6. The predicted molar refractivity (Wildman–Crippen MR) is 110 cm³/mol. The van der Waals surface area contributed by atoms with Crippen LogP contribution in [-0.2, 0) is 20.8 Å². The molecule has 0 aliphatic carbocycles. The quantitative estimate of drug-likeness (QED) is 0.729. The van der Waals surface area contributed by atoms with Crippen LogP contribution in [0.3, 0.4) is 0 Å². The van der Waals surface area contributed by atoms with Crippen molar-refractivity contribution in [3.05, 3.63) is 33.8 Å². The van der Waals surface area contributed by atoms with Crippen molar-refractivity contribution >= 4 is 17.5 Å². The van der Waals surface area contributed by atoms with Gasteiger partial charge in [-0.2, -0.15) is 10.3 Å². The van der Waals surface area contributed by atoms with E-state index in [1.54, 1.807) is 12.1 Å². The summed E-state index contributed by atoms with van der Waals surface area (Å²) in [5.74, 6) is -0.0622. The van der Waals surface area contributed by atoms with Gasteiger partial charge in [-0.25, -0.2) is 5.01 Å². The first-order valence-corrected chi connectivity index (χ1v) is 10.4. The third-order valence-corrected chi connectivity index (χ3v) is 6.13. The highest BCUT2D eigenvalue weighted by Gasteiger charge is 2.46. The number of ether oxygens (including phenoxy) is 1. The normalized spacial score (nSPS) is 20.2. The number of carbonyl (C=O) groups excluding carboxylic acids is 1. The van der Waals surface area contributed by atoms with Gasteiger partial charge in [0.2, 0.25) is 5.91 Å². The number of hydrogen-bond acceptors (Lipinski definition) is 6. The van der Waals surface area contributed by atoms with Crippen LogP contribution in [0.2, 0.25) is 5.02 Å². The Labute approximate surface area is 177 Å². The van der Waals surface area contributed by atoms with Crippen molar-refractivity contribution in [1.82, 2.24) is 15.1 Å². The SMILES string of the molecule is CON1CCC(C#N)(N(C(=O)Cc2c(C)cc(Cl)cc2C)N2CCOCC2)CC1. The van der Waals surface area contributed by atoms with Crippen LogP contribution in [-0.4, -0.2) is 73.0 Å². The van der Waals surface area contributed by atoms with E-state index in [-0.39, 0.29) is 12.3 Å². The third kappa shape index (κ3) is 4.73. The Morgan fingerprint density at radius 1 is 1.24 bits per heavy atom. The van der Waals surface area contributed by atoms with Crippen molar-refractivity contribution in [3.63, 3.8) is 0 Å². The number of benzene rings is 1. The topological polar surface area (TPSA) is 69.0 Å². The number of morpholine rings is 1. The lowest BCUT2D eigenvalue weighted by molar-refractivity contribution is -0.195. The van der Waals surface area contributed by atoms with Gasteiger partial charge in [0.1, 0.15) is 5.54 Å². The number of hydroxylamine groups is 2. The molecular formula is C21H29ClN4O3. The van der Waals surface area contributed by atoms with Crippen LogP contribution in [0, 0.1) is 25.2 Å². The fourth-order valence-electron chi connectivity index (χ4n) is 4.28. The number of amides is 1. The van der Waals surface area contributed by atoms with E-state index < -0.39 is 5.54 Å². The summed E-state index contributed by atoms with van der Waals surface area (Å²) in [7, 11) is 1.64. The fraction of sp³-hybridized carbons (Fsp3) is 0.619. The molecule has 29 heavy (non-hydrogen) atoms. The van der Waals surface area contributed by atoms with Crippen molar-refractivity contribution < 1.29 is 14.4 Å². The van der Waals surface area contributed by atoms with E-state index in [0.717, 1.165) is 16.7 Å². The summed E-state index contributed by atoms with van der Waals surface area (Å²) in [6, 6.07) is 6.25. The van der Waals surface area contributed by atoms with E-state index in [4.69, 9.17) is 21.2 Å². The standard InChI is InChI=1S/C21H29ClN4O3/c1-16-12-18(22)13-17(2)19(16)14-20(27)26(24-8-10-29-11-9-24)21(15-23)4-6-25(28-3)7-5-21/h12-13H,4-11,14H2,1-3H3. The van der Waals surface area contributed by atoms with Crippen LogP contribution >= 0.6 is 11.6 Å². The molecule has 1 amide bonds. The molecule has 0 N–H and O–H groups in total. The lowest BCUT2D eigenvalue weighted by Gasteiger charge is -2.49. The van der Waals surface area contributed by atoms with Crippen molar-refractivity contribution in [2.45, 2.75) is 38.6 Å². The Balaban J connectivity index is 1.91. The number of piperidine rings is 1. The monoisotopic (exact) mass is 420 g/mol. The van der Waals surface area contributed by atoms with E-state index in [1.165, 1.54) is 0 Å². The number of hydrogen-bond donors (Lipinski definition) is 0. The molecule has 0 radical (unpaired) electrons. The van der Waals surface area contributed by atoms with E-state index in [0.29, 0.717) is 57.3 Å². The molecule has 0 aromatic heterocycles. The van der Waals surface area contributed by atoms with Crippen molar-refractivity contribution in [1.29, 1.82) is 5.26 Å².